The van der Waals surface area contributed by atoms with Gasteiger partial charge in [0.2, 0.25) is 0 Å². The van der Waals surface area contributed by atoms with Crippen LogP contribution in [0.25, 0.3) is 0 Å². The summed E-state index contributed by atoms with van der Waals surface area (Å²) < 4.78 is 26.1. The number of hydrogen-bond donors (Lipinski definition) is 3. The summed E-state index contributed by atoms with van der Waals surface area (Å²) in [6.07, 6.45) is 2.64. The number of aromatic nitrogens is 2. The maximum absolute atomic E-state index is 11.8. The van der Waals surface area contributed by atoms with Crippen molar-refractivity contribution in [2.75, 3.05) is 6.54 Å². The molecule has 0 saturated heterocycles. The highest BCUT2D eigenvalue weighted by molar-refractivity contribution is 7.89. The third-order valence-corrected chi connectivity index (χ3v) is 3.68. The molecular formula is C10H19N3O3S. The van der Waals surface area contributed by atoms with Gasteiger partial charge in [-0.3, -0.25) is 0 Å². The summed E-state index contributed by atoms with van der Waals surface area (Å²) in [6.45, 7) is 5.74. The monoisotopic (exact) mass is 261 g/mol. The Hall–Kier alpha value is -0.920. The van der Waals surface area contributed by atoms with Crippen molar-refractivity contribution >= 4 is 10.0 Å². The summed E-state index contributed by atoms with van der Waals surface area (Å²) in [5.74, 6) is 0. The lowest BCUT2D eigenvalue weighted by Gasteiger charge is -2.26. The number of aliphatic hydroxyl groups is 1. The molecule has 0 unspecified atom stereocenters. The molecule has 1 aromatic rings. The lowest BCUT2D eigenvalue weighted by molar-refractivity contribution is 0.131. The summed E-state index contributed by atoms with van der Waals surface area (Å²) in [7, 11) is -3.54. The number of aliphatic hydroxyl groups excluding tert-OH is 1. The zero-order chi connectivity index (χ0) is 13.1. The Morgan fingerprint density at radius 2 is 2.24 bits per heavy atom. The van der Waals surface area contributed by atoms with Crippen LogP contribution < -0.4 is 4.72 Å². The number of rotatable bonds is 6. The van der Waals surface area contributed by atoms with E-state index in [4.69, 9.17) is 0 Å². The van der Waals surface area contributed by atoms with E-state index in [2.05, 4.69) is 14.7 Å². The van der Waals surface area contributed by atoms with Crippen molar-refractivity contribution in [2.45, 2.75) is 38.3 Å². The lowest BCUT2D eigenvalue weighted by atomic mass is 9.87. The van der Waals surface area contributed by atoms with E-state index in [1.54, 1.807) is 6.92 Å². The van der Waals surface area contributed by atoms with Crippen LogP contribution in [0.4, 0.5) is 0 Å². The molecular weight excluding hydrogens is 242 g/mol. The van der Waals surface area contributed by atoms with Crippen LogP contribution >= 0.6 is 0 Å². The molecule has 0 aliphatic heterocycles. The van der Waals surface area contributed by atoms with Crippen molar-refractivity contribution in [2.24, 2.45) is 5.41 Å². The number of sulfonamides is 1. The van der Waals surface area contributed by atoms with Crippen LogP contribution in [0.1, 0.15) is 27.2 Å². The molecule has 17 heavy (non-hydrogen) atoms. The van der Waals surface area contributed by atoms with Crippen LogP contribution in [0.5, 0.6) is 0 Å². The standard InChI is InChI=1S/C10H19N3O3S/c1-8(14)4-10(2,3)6-13-17(15,16)9-5-11-7-12-9/h5,7-8,13-14H,4,6H2,1-3H3,(H,11,12)/t8-/m0/s1. The van der Waals surface area contributed by atoms with E-state index >= 15 is 0 Å². The summed E-state index contributed by atoms with van der Waals surface area (Å²) in [6, 6.07) is 0. The van der Waals surface area contributed by atoms with Gasteiger partial charge >= 0.3 is 0 Å². The third-order valence-electron chi connectivity index (χ3n) is 2.35. The number of nitrogens with zero attached hydrogens (tertiary/aromatic N) is 1. The molecule has 3 N–H and O–H groups in total. The predicted molar refractivity (Wildman–Crippen MR) is 63.9 cm³/mol. The van der Waals surface area contributed by atoms with Gasteiger partial charge in [-0.15, -0.1) is 0 Å². The molecule has 7 heteroatoms. The minimum Gasteiger partial charge on any atom is -0.393 e. The van der Waals surface area contributed by atoms with E-state index in [9.17, 15) is 13.5 Å². The Bertz CT molecular complexity index is 437. The number of hydrogen-bond acceptors (Lipinski definition) is 4. The molecule has 0 spiro atoms. The highest BCUT2D eigenvalue weighted by atomic mass is 32.2. The largest absolute Gasteiger partial charge is 0.393 e. The second-order valence-corrected chi connectivity index (χ2v) is 6.69. The van der Waals surface area contributed by atoms with E-state index < -0.39 is 16.1 Å². The van der Waals surface area contributed by atoms with Crippen LogP contribution in [0, 0.1) is 5.41 Å². The summed E-state index contributed by atoms with van der Waals surface area (Å²) in [5, 5.41) is 9.35. The van der Waals surface area contributed by atoms with Crippen molar-refractivity contribution in [3.05, 3.63) is 12.5 Å². The molecule has 1 heterocycles. The molecule has 1 atom stereocenters. The van der Waals surface area contributed by atoms with Gasteiger partial charge in [-0.25, -0.2) is 18.1 Å². The second-order valence-electron chi connectivity index (χ2n) is 4.96. The maximum Gasteiger partial charge on any atom is 0.257 e. The average molecular weight is 261 g/mol. The van der Waals surface area contributed by atoms with Crippen LogP contribution in [0.2, 0.25) is 0 Å². The Morgan fingerprint density at radius 1 is 1.59 bits per heavy atom. The van der Waals surface area contributed by atoms with Gasteiger partial charge in [0, 0.05) is 6.54 Å². The van der Waals surface area contributed by atoms with Crippen molar-refractivity contribution in [3.63, 3.8) is 0 Å². The first-order chi connectivity index (χ1) is 7.73. The van der Waals surface area contributed by atoms with Gasteiger partial charge in [0.25, 0.3) is 10.0 Å². The first-order valence-electron chi connectivity index (χ1n) is 5.39. The van der Waals surface area contributed by atoms with Crippen LogP contribution in [-0.2, 0) is 10.0 Å². The van der Waals surface area contributed by atoms with Crippen molar-refractivity contribution < 1.29 is 13.5 Å². The van der Waals surface area contributed by atoms with Crippen molar-refractivity contribution in [1.82, 2.24) is 14.7 Å². The van der Waals surface area contributed by atoms with E-state index in [0.717, 1.165) is 0 Å². The van der Waals surface area contributed by atoms with Crippen molar-refractivity contribution in [1.29, 1.82) is 0 Å². The van der Waals surface area contributed by atoms with E-state index in [0.29, 0.717) is 6.42 Å². The fraction of sp³-hybridized carbons (Fsp3) is 0.700. The molecule has 1 aromatic heterocycles. The van der Waals surface area contributed by atoms with Gasteiger partial charge in [0.05, 0.1) is 18.6 Å². The Kier molecular flexibility index (Phi) is 4.29. The number of aromatic amines is 1. The van der Waals surface area contributed by atoms with Gasteiger partial charge in [-0.1, -0.05) is 13.8 Å². The maximum atomic E-state index is 11.8. The van der Waals surface area contributed by atoms with Crippen LogP contribution in [-0.4, -0.2) is 36.1 Å². The Labute approximate surface area is 102 Å². The zero-order valence-electron chi connectivity index (χ0n) is 10.3. The summed E-state index contributed by atoms with van der Waals surface area (Å²) in [4.78, 5) is 6.21. The predicted octanol–water partition coefficient (Wildman–Crippen LogP) is 0.485. The lowest BCUT2D eigenvalue weighted by Crippen LogP contribution is -2.35. The van der Waals surface area contributed by atoms with Crippen LogP contribution in [0.3, 0.4) is 0 Å². The molecule has 0 bridgehead atoms. The SMILES string of the molecule is C[C@H](O)CC(C)(C)CNS(=O)(=O)c1cnc[nH]1. The normalized spacial score (nSPS) is 14.8. The minimum atomic E-state index is -3.54. The fourth-order valence-electron chi connectivity index (χ4n) is 1.63. The van der Waals surface area contributed by atoms with Gasteiger partial charge in [0.15, 0.2) is 5.03 Å². The molecule has 0 aromatic carbocycles. The fourth-order valence-corrected chi connectivity index (χ4v) is 2.77. The van der Waals surface area contributed by atoms with Gasteiger partial charge in [0.1, 0.15) is 0 Å². The molecule has 6 nitrogen and oxygen atoms in total. The molecule has 0 fully saturated rings. The van der Waals surface area contributed by atoms with Gasteiger partial charge < -0.3 is 10.1 Å². The number of H-pyrrole nitrogens is 1. The summed E-state index contributed by atoms with van der Waals surface area (Å²) in [5.41, 5.74) is -0.304. The average Bonchev–Trinajstić information content (AvgIpc) is 2.66. The first-order valence-corrected chi connectivity index (χ1v) is 6.87. The molecule has 1 rings (SSSR count). The number of nitrogens with one attached hydrogen (secondary N) is 2. The van der Waals surface area contributed by atoms with Gasteiger partial charge in [-0.05, 0) is 18.8 Å². The zero-order valence-corrected chi connectivity index (χ0v) is 11.1. The highest BCUT2D eigenvalue weighted by Gasteiger charge is 2.24. The van der Waals surface area contributed by atoms with Crippen molar-refractivity contribution in [3.8, 4) is 0 Å². The first kappa shape index (κ1) is 14.1. The molecule has 0 radical (unpaired) electrons. The van der Waals surface area contributed by atoms with Gasteiger partial charge in [-0.2, -0.15) is 0 Å². The second kappa shape index (κ2) is 5.16. The Morgan fingerprint density at radius 3 is 2.71 bits per heavy atom. The molecule has 98 valence electrons. The minimum absolute atomic E-state index is 0.0466. The quantitative estimate of drug-likeness (QED) is 0.694. The third kappa shape index (κ3) is 4.45. The topological polar surface area (TPSA) is 95.1 Å². The number of imidazole rings is 1. The van der Waals surface area contributed by atoms with E-state index in [1.165, 1.54) is 12.5 Å². The van der Waals surface area contributed by atoms with Crippen LogP contribution in [0.15, 0.2) is 17.6 Å². The Balaban J connectivity index is 2.62. The molecule has 0 amide bonds. The molecule has 0 aliphatic carbocycles. The summed E-state index contributed by atoms with van der Waals surface area (Å²) >= 11 is 0. The molecule has 0 aliphatic rings. The highest BCUT2D eigenvalue weighted by Crippen LogP contribution is 2.21. The smallest absolute Gasteiger partial charge is 0.257 e. The molecule has 0 saturated carbocycles. The van der Waals surface area contributed by atoms with E-state index in [-0.39, 0.29) is 17.0 Å². The van der Waals surface area contributed by atoms with E-state index in [1.807, 2.05) is 13.8 Å².